The fourth-order valence-corrected chi connectivity index (χ4v) is 2.14. The van der Waals surface area contributed by atoms with Gasteiger partial charge in [-0.3, -0.25) is 14.4 Å². The van der Waals surface area contributed by atoms with Crippen LogP contribution in [-0.4, -0.2) is 59.1 Å². The van der Waals surface area contributed by atoms with E-state index in [2.05, 4.69) is 23.8 Å². The van der Waals surface area contributed by atoms with Gasteiger partial charge in [0.2, 0.25) is 0 Å². The Morgan fingerprint density at radius 2 is 2.45 bits per heavy atom. The predicted molar refractivity (Wildman–Crippen MR) is 74.0 cm³/mol. The quantitative estimate of drug-likeness (QED) is 0.772. The maximum absolute atomic E-state index is 11.7. The first-order valence-electron chi connectivity index (χ1n) is 6.85. The summed E-state index contributed by atoms with van der Waals surface area (Å²) in [6.45, 7) is 7.04. The highest BCUT2D eigenvalue weighted by Gasteiger charge is 2.23. The molecule has 1 unspecified atom stereocenters. The Bertz CT molecular complexity index is 447. The number of nitrogens with zero attached hydrogens (tertiary/aromatic N) is 3. The molecule has 1 saturated heterocycles. The van der Waals surface area contributed by atoms with Crippen molar-refractivity contribution in [3.8, 4) is 0 Å². The summed E-state index contributed by atoms with van der Waals surface area (Å²) >= 11 is 0. The van der Waals surface area contributed by atoms with Gasteiger partial charge in [0.25, 0.3) is 0 Å². The van der Waals surface area contributed by atoms with Crippen molar-refractivity contribution in [3.63, 3.8) is 0 Å². The third kappa shape index (κ3) is 4.21. The van der Waals surface area contributed by atoms with Gasteiger partial charge in [0.1, 0.15) is 25.1 Å². The molecule has 2 rings (SSSR count). The van der Waals surface area contributed by atoms with E-state index in [1.165, 1.54) is 4.68 Å². The highest BCUT2D eigenvalue weighted by molar-refractivity contribution is 5.69. The number of carbonyl (C=O) groups is 1. The summed E-state index contributed by atoms with van der Waals surface area (Å²) in [4.78, 5) is 14.0. The van der Waals surface area contributed by atoms with Crippen LogP contribution in [0.15, 0.2) is 12.3 Å². The molecule has 1 atom stereocenters. The van der Waals surface area contributed by atoms with E-state index in [-0.39, 0.29) is 25.2 Å². The Balaban J connectivity index is 1.73. The van der Waals surface area contributed by atoms with Gasteiger partial charge in [-0.05, 0) is 19.9 Å². The van der Waals surface area contributed by atoms with Gasteiger partial charge in [-0.25, -0.2) is 0 Å². The van der Waals surface area contributed by atoms with Crippen molar-refractivity contribution in [2.75, 3.05) is 32.0 Å². The first-order chi connectivity index (χ1) is 9.54. The molecule has 1 aromatic heterocycles. The van der Waals surface area contributed by atoms with Crippen LogP contribution in [0.25, 0.3) is 0 Å². The fourth-order valence-electron chi connectivity index (χ4n) is 2.14. The Hall–Kier alpha value is -1.60. The number of anilines is 1. The zero-order valence-corrected chi connectivity index (χ0v) is 12.0. The van der Waals surface area contributed by atoms with Crippen LogP contribution in [0.5, 0.6) is 0 Å². The van der Waals surface area contributed by atoms with E-state index < -0.39 is 0 Å². The first-order valence-corrected chi connectivity index (χ1v) is 6.85. The van der Waals surface area contributed by atoms with Crippen molar-refractivity contribution >= 4 is 11.8 Å². The van der Waals surface area contributed by atoms with Gasteiger partial charge in [0.15, 0.2) is 0 Å². The van der Waals surface area contributed by atoms with Gasteiger partial charge in [0.05, 0.1) is 6.61 Å². The van der Waals surface area contributed by atoms with E-state index in [1.807, 2.05) is 0 Å². The highest BCUT2D eigenvalue weighted by atomic mass is 16.6. The van der Waals surface area contributed by atoms with Crippen molar-refractivity contribution in [2.24, 2.45) is 0 Å². The molecule has 0 aromatic carbocycles. The molecule has 0 aliphatic carbocycles. The molecule has 7 nitrogen and oxygen atoms in total. The summed E-state index contributed by atoms with van der Waals surface area (Å²) in [5, 5.41) is 3.93. The molecule has 0 amide bonds. The molecule has 0 radical (unpaired) electrons. The summed E-state index contributed by atoms with van der Waals surface area (Å²) in [5.74, 6) is 0.0550. The van der Waals surface area contributed by atoms with Gasteiger partial charge in [-0.2, -0.15) is 5.10 Å². The van der Waals surface area contributed by atoms with Crippen LogP contribution in [0.2, 0.25) is 0 Å². The summed E-state index contributed by atoms with van der Waals surface area (Å²) in [6.07, 6.45) is 1.59. The maximum atomic E-state index is 11.7. The lowest BCUT2D eigenvalue weighted by Crippen LogP contribution is -2.47. The van der Waals surface area contributed by atoms with Crippen LogP contribution in [0.1, 0.15) is 13.8 Å². The lowest BCUT2D eigenvalue weighted by molar-refractivity contribution is -0.151. The molecule has 0 spiro atoms. The Kier molecular flexibility index (Phi) is 4.97. The van der Waals surface area contributed by atoms with Crippen LogP contribution in [0, 0.1) is 0 Å². The number of nitrogen functional groups attached to an aromatic ring is 1. The normalized spacial score (nSPS) is 20.2. The smallest absolute Gasteiger partial charge is 0.327 e. The van der Waals surface area contributed by atoms with Gasteiger partial charge in [-0.15, -0.1) is 0 Å². The molecule has 1 fully saturated rings. The lowest BCUT2D eigenvalue weighted by Gasteiger charge is -2.35. The summed E-state index contributed by atoms with van der Waals surface area (Å²) in [6, 6.07) is 2.11. The molecule has 2 N–H and O–H groups in total. The largest absolute Gasteiger partial charge is 0.461 e. The topological polar surface area (TPSA) is 82.6 Å². The summed E-state index contributed by atoms with van der Waals surface area (Å²) in [5.41, 5.74) is 5.48. The minimum atomic E-state index is -0.335. The number of morpholine rings is 1. The number of nitrogens with two attached hydrogens (primary N) is 1. The van der Waals surface area contributed by atoms with Crippen LogP contribution < -0.4 is 5.73 Å². The van der Waals surface area contributed by atoms with E-state index in [0.29, 0.717) is 18.5 Å². The molecule has 1 aromatic rings. The van der Waals surface area contributed by atoms with Crippen molar-refractivity contribution in [3.05, 3.63) is 12.3 Å². The second kappa shape index (κ2) is 6.71. The molecule has 112 valence electrons. The van der Waals surface area contributed by atoms with Crippen molar-refractivity contribution in [1.82, 2.24) is 14.7 Å². The Morgan fingerprint density at radius 3 is 3.10 bits per heavy atom. The maximum Gasteiger partial charge on any atom is 0.327 e. The average molecular weight is 282 g/mol. The van der Waals surface area contributed by atoms with Gasteiger partial charge in [0, 0.05) is 25.3 Å². The standard InChI is InChI=1S/C13H22N4O3/c1-10(2)16-5-6-19-11(7-16)9-20-13(18)8-17-4-3-12(14)15-17/h3-4,10-11H,5-9H2,1-2H3,(H2,14,15). The monoisotopic (exact) mass is 282 g/mol. The number of carbonyl (C=O) groups excluding carboxylic acids is 1. The number of ether oxygens (including phenoxy) is 2. The molecular formula is C13H22N4O3. The number of aromatic nitrogens is 2. The second-order valence-corrected chi connectivity index (χ2v) is 5.20. The first kappa shape index (κ1) is 14.8. The van der Waals surface area contributed by atoms with Crippen LogP contribution >= 0.6 is 0 Å². The minimum Gasteiger partial charge on any atom is -0.461 e. The molecule has 0 saturated carbocycles. The highest BCUT2D eigenvalue weighted by Crippen LogP contribution is 2.09. The van der Waals surface area contributed by atoms with Crippen LogP contribution in [0.4, 0.5) is 5.82 Å². The Labute approximate surface area is 118 Å². The molecule has 0 bridgehead atoms. The van der Waals surface area contributed by atoms with E-state index >= 15 is 0 Å². The number of hydrogen-bond acceptors (Lipinski definition) is 6. The van der Waals surface area contributed by atoms with Gasteiger partial charge < -0.3 is 15.2 Å². The van der Waals surface area contributed by atoms with Crippen molar-refractivity contribution < 1.29 is 14.3 Å². The van der Waals surface area contributed by atoms with Gasteiger partial charge >= 0.3 is 5.97 Å². The lowest BCUT2D eigenvalue weighted by atomic mass is 10.2. The van der Waals surface area contributed by atoms with Crippen LogP contribution in [0.3, 0.4) is 0 Å². The molecule has 1 aliphatic heterocycles. The minimum absolute atomic E-state index is 0.0576. The molecular weight excluding hydrogens is 260 g/mol. The van der Waals surface area contributed by atoms with Crippen molar-refractivity contribution in [1.29, 1.82) is 0 Å². The predicted octanol–water partition coefficient (Wildman–Crippen LogP) is 0.118. The number of rotatable bonds is 5. The average Bonchev–Trinajstić information content (AvgIpc) is 2.82. The third-order valence-electron chi connectivity index (χ3n) is 3.28. The zero-order chi connectivity index (χ0) is 14.5. The summed E-state index contributed by atoms with van der Waals surface area (Å²) < 4.78 is 12.3. The van der Waals surface area contributed by atoms with E-state index in [4.69, 9.17) is 15.2 Å². The van der Waals surface area contributed by atoms with Crippen molar-refractivity contribution in [2.45, 2.75) is 32.5 Å². The molecule has 7 heteroatoms. The Morgan fingerprint density at radius 1 is 1.65 bits per heavy atom. The number of esters is 1. The zero-order valence-electron chi connectivity index (χ0n) is 12.0. The molecule has 1 aliphatic rings. The van der Waals surface area contributed by atoms with E-state index in [9.17, 15) is 4.79 Å². The summed E-state index contributed by atoms with van der Waals surface area (Å²) in [7, 11) is 0. The van der Waals surface area contributed by atoms with Gasteiger partial charge in [-0.1, -0.05) is 0 Å². The van der Waals surface area contributed by atoms with E-state index in [1.54, 1.807) is 12.3 Å². The fraction of sp³-hybridized carbons (Fsp3) is 0.692. The SMILES string of the molecule is CC(C)N1CCOC(COC(=O)Cn2ccc(N)n2)C1. The number of hydrogen-bond donors (Lipinski definition) is 1. The second-order valence-electron chi connectivity index (χ2n) is 5.20. The third-order valence-corrected chi connectivity index (χ3v) is 3.28. The molecule has 2 heterocycles. The van der Waals surface area contributed by atoms with E-state index in [0.717, 1.165) is 13.1 Å². The van der Waals surface area contributed by atoms with Crippen LogP contribution in [-0.2, 0) is 20.8 Å². The molecule has 20 heavy (non-hydrogen) atoms.